The summed E-state index contributed by atoms with van der Waals surface area (Å²) in [4.78, 5) is 25.5. The SMILES string of the molecule is CCN1CCN(C(=O)c2ccnc(NCc3ccc(C)cc3)n2)CC1. The van der Waals surface area contributed by atoms with Gasteiger partial charge in [0, 0.05) is 38.9 Å². The van der Waals surface area contributed by atoms with Crippen LogP contribution in [0, 0.1) is 6.92 Å². The molecule has 0 aliphatic carbocycles. The minimum absolute atomic E-state index is 0.0171. The number of hydrogen-bond acceptors (Lipinski definition) is 5. The van der Waals surface area contributed by atoms with Gasteiger partial charge >= 0.3 is 0 Å². The smallest absolute Gasteiger partial charge is 0.272 e. The Morgan fingerprint density at radius 1 is 1.12 bits per heavy atom. The normalized spacial score (nSPS) is 15.2. The largest absolute Gasteiger partial charge is 0.350 e. The first-order valence-corrected chi connectivity index (χ1v) is 8.80. The van der Waals surface area contributed by atoms with Crippen molar-refractivity contribution in [3.8, 4) is 0 Å². The zero-order valence-electron chi connectivity index (χ0n) is 14.9. The number of piperazine rings is 1. The van der Waals surface area contributed by atoms with Crippen LogP contribution in [-0.4, -0.2) is 58.4 Å². The second kappa shape index (κ2) is 8.07. The number of nitrogens with zero attached hydrogens (tertiary/aromatic N) is 4. The van der Waals surface area contributed by atoms with Crippen molar-refractivity contribution in [1.82, 2.24) is 19.8 Å². The van der Waals surface area contributed by atoms with Gasteiger partial charge in [-0.15, -0.1) is 0 Å². The Morgan fingerprint density at radius 3 is 2.52 bits per heavy atom. The van der Waals surface area contributed by atoms with Gasteiger partial charge in [-0.3, -0.25) is 4.79 Å². The molecule has 0 bridgehead atoms. The molecular weight excluding hydrogens is 314 g/mol. The summed E-state index contributed by atoms with van der Waals surface area (Å²) in [5, 5.41) is 3.19. The van der Waals surface area contributed by atoms with Crippen LogP contribution in [0.2, 0.25) is 0 Å². The molecule has 1 N–H and O–H groups in total. The molecule has 3 rings (SSSR count). The van der Waals surface area contributed by atoms with Gasteiger partial charge in [0.15, 0.2) is 0 Å². The summed E-state index contributed by atoms with van der Waals surface area (Å²) in [5.74, 6) is 0.468. The van der Waals surface area contributed by atoms with Crippen LogP contribution < -0.4 is 5.32 Å². The predicted octanol–water partition coefficient (Wildman–Crippen LogP) is 2.17. The third kappa shape index (κ3) is 4.54. The summed E-state index contributed by atoms with van der Waals surface area (Å²) in [6.07, 6.45) is 1.64. The van der Waals surface area contributed by atoms with Crippen LogP contribution in [0.25, 0.3) is 0 Å². The van der Waals surface area contributed by atoms with Gasteiger partial charge in [-0.25, -0.2) is 9.97 Å². The van der Waals surface area contributed by atoms with Crippen molar-refractivity contribution >= 4 is 11.9 Å². The molecule has 1 aromatic carbocycles. The van der Waals surface area contributed by atoms with Crippen molar-refractivity contribution in [2.45, 2.75) is 20.4 Å². The fourth-order valence-corrected chi connectivity index (χ4v) is 2.88. The number of likely N-dealkylation sites (N-methyl/N-ethyl adjacent to an activating group) is 1. The molecule has 0 atom stereocenters. The summed E-state index contributed by atoms with van der Waals surface area (Å²) in [6, 6.07) is 9.99. The topological polar surface area (TPSA) is 61.4 Å². The van der Waals surface area contributed by atoms with E-state index >= 15 is 0 Å². The van der Waals surface area contributed by atoms with E-state index in [1.807, 2.05) is 4.90 Å². The molecule has 6 heteroatoms. The summed E-state index contributed by atoms with van der Waals surface area (Å²) < 4.78 is 0. The molecule has 0 radical (unpaired) electrons. The van der Waals surface area contributed by atoms with E-state index in [-0.39, 0.29) is 5.91 Å². The van der Waals surface area contributed by atoms with Gasteiger partial charge in [0.25, 0.3) is 5.91 Å². The fraction of sp³-hybridized carbons (Fsp3) is 0.421. The molecule has 0 saturated carbocycles. The molecule has 1 amide bonds. The highest BCUT2D eigenvalue weighted by Gasteiger charge is 2.22. The van der Waals surface area contributed by atoms with Gasteiger partial charge in [-0.05, 0) is 25.1 Å². The number of amides is 1. The molecule has 25 heavy (non-hydrogen) atoms. The van der Waals surface area contributed by atoms with E-state index < -0.39 is 0 Å². The first-order chi connectivity index (χ1) is 12.2. The average Bonchev–Trinajstić information content (AvgIpc) is 2.67. The Balaban J connectivity index is 1.61. The number of rotatable bonds is 5. The van der Waals surface area contributed by atoms with Crippen LogP contribution in [0.15, 0.2) is 36.5 Å². The zero-order chi connectivity index (χ0) is 17.6. The van der Waals surface area contributed by atoms with E-state index in [4.69, 9.17) is 0 Å². The van der Waals surface area contributed by atoms with Crippen molar-refractivity contribution < 1.29 is 4.79 Å². The molecule has 1 fully saturated rings. The summed E-state index contributed by atoms with van der Waals surface area (Å²) in [5.41, 5.74) is 2.84. The van der Waals surface area contributed by atoms with Gasteiger partial charge in [0.2, 0.25) is 5.95 Å². The number of carbonyl (C=O) groups is 1. The minimum Gasteiger partial charge on any atom is -0.350 e. The van der Waals surface area contributed by atoms with Crippen LogP contribution in [0.5, 0.6) is 0 Å². The van der Waals surface area contributed by atoms with E-state index in [0.717, 1.165) is 38.3 Å². The van der Waals surface area contributed by atoms with E-state index in [9.17, 15) is 4.79 Å². The number of hydrogen-bond donors (Lipinski definition) is 1. The number of benzene rings is 1. The lowest BCUT2D eigenvalue weighted by Gasteiger charge is -2.33. The molecule has 0 spiro atoms. The molecule has 6 nitrogen and oxygen atoms in total. The minimum atomic E-state index is -0.0171. The lowest BCUT2D eigenvalue weighted by atomic mass is 10.1. The van der Waals surface area contributed by atoms with Crippen LogP contribution in [0.1, 0.15) is 28.5 Å². The quantitative estimate of drug-likeness (QED) is 0.905. The Bertz CT molecular complexity index is 708. The van der Waals surface area contributed by atoms with Crippen LogP contribution in [-0.2, 0) is 6.54 Å². The van der Waals surface area contributed by atoms with E-state index in [1.165, 1.54) is 5.56 Å². The van der Waals surface area contributed by atoms with Crippen molar-refractivity contribution in [3.05, 3.63) is 53.3 Å². The maximum absolute atomic E-state index is 12.6. The maximum Gasteiger partial charge on any atom is 0.272 e. The first-order valence-electron chi connectivity index (χ1n) is 8.80. The second-order valence-corrected chi connectivity index (χ2v) is 6.33. The van der Waals surface area contributed by atoms with Crippen molar-refractivity contribution in [1.29, 1.82) is 0 Å². The molecule has 1 aliphatic heterocycles. The van der Waals surface area contributed by atoms with Crippen molar-refractivity contribution in [2.75, 3.05) is 38.0 Å². The molecule has 0 unspecified atom stereocenters. The molecule has 132 valence electrons. The molecule has 1 aliphatic rings. The zero-order valence-corrected chi connectivity index (χ0v) is 14.9. The molecule has 2 aromatic rings. The Morgan fingerprint density at radius 2 is 1.84 bits per heavy atom. The molecular formula is C19H25N5O. The average molecular weight is 339 g/mol. The predicted molar refractivity (Wildman–Crippen MR) is 98.6 cm³/mol. The van der Waals surface area contributed by atoms with Gasteiger partial charge < -0.3 is 15.1 Å². The number of nitrogens with one attached hydrogen (secondary N) is 1. The number of carbonyl (C=O) groups excluding carboxylic acids is 1. The van der Waals surface area contributed by atoms with Gasteiger partial charge in [0.05, 0.1) is 0 Å². The lowest BCUT2D eigenvalue weighted by Crippen LogP contribution is -2.48. The summed E-state index contributed by atoms with van der Waals surface area (Å²) in [6.45, 7) is 9.22. The number of anilines is 1. The van der Waals surface area contributed by atoms with Crippen LogP contribution in [0.4, 0.5) is 5.95 Å². The van der Waals surface area contributed by atoms with Gasteiger partial charge in [-0.1, -0.05) is 36.8 Å². The van der Waals surface area contributed by atoms with Crippen molar-refractivity contribution in [3.63, 3.8) is 0 Å². The third-order valence-corrected chi connectivity index (χ3v) is 4.55. The monoisotopic (exact) mass is 339 g/mol. The van der Waals surface area contributed by atoms with E-state index in [2.05, 4.69) is 58.3 Å². The molecule has 2 heterocycles. The fourth-order valence-electron chi connectivity index (χ4n) is 2.88. The summed E-state index contributed by atoms with van der Waals surface area (Å²) in [7, 11) is 0. The highest BCUT2D eigenvalue weighted by Crippen LogP contribution is 2.10. The number of aryl methyl sites for hydroxylation is 1. The van der Waals surface area contributed by atoms with Crippen LogP contribution in [0.3, 0.4) is 0 Å². The third-order valence-electron chi connectivity index (χ3n) is 4.55. The Labute approximate surface area is 148 Å². The second-order valence-electron chi connectivity index (χ2n) is 6.33. The first kappa shape index (κ1) is 17.4. The number of aromatic nitrogens is 2. The highest BCUT2D eigenvalue weighted by molar-refractivity contribution is 5.92. The van der Waals surface area contributed by atoms with Crippen molar-refractivity contribution in [2.24, 2.45) is 0 Å². The highest BCUT2D eigenvalue weighted by atomic mass is 16.2. The molecule has 1 aromatic heterocycles. The maximum atomic E-state index is 12.6. The van der Waals surface area contributed by atoms with Gasteiger partial charge in [0.1, 0.15) is 5.69 Å². The van der Waals surface area contributed by atoms with E-state index in [1.54, 1.807) is 12.3 Å². The summed E-state index contributed by atoms with van der Waals surface area (Å²) >= 11 is 0. The van der Waals surface area contributed by atoms with Gasteiger partial charge in [-0.2, -0.15) is 0 Å². The van der Waals surface area contributed by atoms with E-state index in [0.29, 0.717) is 18.2 Å². The lowest BCUT2D eigenvalue weighted by molar-refractivity contribution is 0.0637. The molecule has 1 saturated heterocycles. The Hall–Kier alpha value is -2.47. The van der Waals surface area contributed by atoms with Crippen LogP contribution >= 0.6 is 0 Å². The standard InChI is InChI=1S/C19H25N5O/c1-3-23-10-12-24(13-11-23)18(25)17-8-9-20-19(22-17)21-14-16-6-4-15(2)5-7-16/h4-9H,3,10-14H2,1-2H3,(H,20,21,22). The Kier molecular flexibility index (Phi) is 5.60.